The molecule has 0 fully saturated rings. The van der Waals surface area contributed by atoms with E-state index in [0.717, 1.165) is 25.8 Å². The minimum Gasteiger partial charge on any atom is -0.313 e. The summed E-state index contributed by atoms with van der Waals surface area (Å²) in [5, 5.41) is 3.66. The molecule has 0 aliphatic heterocycles. The predicted molar refractivity (Wildman–Crippen MR) is 91.5 cm³/mol. The fourth-order valence-corrected chi connectivity index (χ4v) is 2.64. The Hall–Kier alpha value is -1.67. The average molecular weight is 299 g/mol. The Labute approximate surface area is 133 Å². The van der Waals surface area contributed by atoms with Crippen LogP contribution in [-0.4, -0.2) is 12.6 Å². The third kappa shape index (κ3) is 5.61. The summed E-state index contributed by atoms with van der Waals surface area (Å²) in [5.41, 5.74) is 2.58. The zero-order valence-electron chi connectivity index (χ0n) is 13.6. The van der Waals surface area contributed by atoms with Gasteiger partial charge in [0.05, 0.1) is 0 Å². The van der Waals surface area contributed by atoms with Crippen molar-refractivity contribution in [3.05, 3.63) is 71.5 Å². The van der Waals surface area contributed by atoms with E-state index in [2.05, 4.69) is 49.5 Å². The van der Waals surface area contributed by atoms with Crippen molar-refractivity contribution >= 4 is 0 Å². The van der Waals surface area contributed by atoms with E-state index < -0.39 is 0 Å². The molecule has 22 heavy (non-hydrogen) atoms. The van der Waals surface area contributed by atoms with Crippen molar-refractivity contribution in [2.45, 2.75) is 39.2 Å². The monoisotopic (exact) mass is 299 g/mol. The predicted octanol–water partition coefficient (Wildman–Crippen LogP) is 4.62. The van der Waals surface area contributed by atoms with Crippen LogP contribution in [0.4, 0.5) is 4.39 Å². The molecule has 2 heteroatoms. The standard InChI is InChI=1S/C20H26FN/c1-16(2)20(15-18-10-12-19(21)13-11-18)22-14-6-9-17-7-4-3-5-8-17/h3-5,7-8,10-13,16,20,22H,6,9,14-15H2,1-2H3. The van der Waals surface area contributed by atoms with Gasteiger partial charge in [0, 0.05) is 6.04 Å². The van der Waals surface area contributed by atoms with Gasteiger partial charge in [0.15, 0.2) is 0 Å². The highest BCUT2D eigenvalue weighted by atomic mass is 19.1. The van der Waals surface area contributed by atoms with Crippen LogP contribution in [0.2, 0.25) is 0 Å². The lowest BCUT2D eigenvalue weighted by Crippen LogP contribution is -2.36. The molecule has 1 N–H and O–H groups in total. The van der Waals surface area contributed by atoms with Crippen molar-refractivity contribution in [2.75, 3.05) is 6.54 Å². The summed E-state index contributed by atoms with van der Waals surface area (Å²) in [7, 11) is 0. The number of rotatable bonds is 8. The molecule has 2 aromatic carbocycles. The first-order valence-corrected chi connectivity index (χ1v) is 8.17. The number of aryl methyl sites for hydroxylation is 1. The molecular formula is C20H26FN. The average Bonchev–Trinajstić information content (AvgIpc) is 2.53. The first kappa shape index (κ1) is 16.7. The van der Waals surface area contributed by atoms with Crippen LogP contribution < -0.4 is 5.32 Å². The number of halogens is 1. The molecule has 118 valence electrons. The number of nitrogens with one attached hydrogen (secondary N) is 1. The zero-order chi connectivity index (χ0) is 15.8. The molecular weight excluding hydrogens is 273 g/mol. The van der Waals surface area contributed by atoms with E-state index in [9.17, 15) is 4.39 Å². The highest BCUT2D eigenvalue weighted by Crippen LogP contribution is 2.12. The summed E-state index contributed by atoms with van der Waals surface area (Å²) >= 11 is 0. The van der Waals surface area contributed by atoms with Crippen molar-refractivity contribution in [3.8, 4) is 0 Å². The molecule has 1 nitrogen and oxygen atoms in total. The third-order valence-electron chi connectivity index (χ3n) is 4.07. The van der Waals surface area contributed by atoms with Gasteiger partial charge in [-0.15, -0.1) is 0 Å². The van der Waals surface area contributed by atoms with E-state index in [1.807, 2.05) is 12.1 Å². The second kappa shape index (κ2) is 8.70. The van der Waals surface area contributed by atoms with Crippen LogP contribution in [-0.2, 0) is 12.8 Å². The van der Waals surface area contributed by atoms with E-state index >= 15 is 0 Å². The van der Waals surface area contributed by atoms with Crippen LogP contribution in [0.5, 0.6) is 0 Å². The van der Waals surface area contributed by atoms with Crippen molar-refractivity contribution in [1.29, 1.82) is 0 Å². The first-order chi connectivity index (χ1) is 10.6. The third-order valence-corrected chi connectivity index (χ3v) is 4.07. The van der Waals surface area contributed by atoms with Gasteiger partial charge in [0.1, 0.15) is 5.82 Å². The molecule has 0 spiro atoms. The zero-order valence-corrected chi connectivity index (χ0v) is 13.6. The van der Waals surface area contributed by atoms with Gasteiger partial charge in [0.25, 0.3) is 0 Å². The Balaban J connectivity index is 1.78. The maximum absolute atomic E-state index is 13.0. The fraction of sp³-hybridized carbons (Fsp3) is 0.400. The van der Waals surface area contributed by atoms with Crippen molar-refractivity contribution < 1.29 is 4.39 Å². The summed E-state index contributed by atoms with van der Waals surface area (Å²) in [6.45, 7) is 5.48. The largest absolute Gasteiger partial charge is 0.313 e. The Bertz CT molecular complexity index is 533. The Morgan fingerprint density at radius 3 is 2.23 bits per heavy atom. The van der Waals surface area contributed by atoms with Crippen molar-refractivity contribution in [1.82, 2.24) is 5.32 Å². The van der Waals surface area contributed by atoms with Crippen LogP contribution in [0.3, 0.4) is 0 Å². The Morgan fingerprint density at radius 1 is 0.909 bits per heavy atom. The fourth-order valence-electron chi connectivity index (χ4n) is 2.64. The molecule has 0 aromatic heterocycles. The molecule has 0 saturated heterocycles. The summed E-state index contributed by atoms with van der Waals surface area (Å²) < 4.78 is 13.0. The van der Waals surface area contributed by atoms with Gasteiger partial charge in [-0.3, -0.25) is 0 Å². The second-order valence-electron chi connectivity index (χ2n) is 6.22. The minimum absolute atomic E-state index is 0.166. The molecule has 0 saturated carbocycles. The highest BCUT2D eigenvalue weighted by molar-refractivity contribution is 5.17. The molecule has 0 bridgehead atoms. The van der Waals surface area contributed by atoms with Gasteiger partial charge in [0.2, 0.25) is 0 Å². The van der Waals surface area contributed by atoms with Crippen LogP contribution in [0.25, 0.3) is 0 Å². The SMILES string of the molecule is CC(C)C(Cc1ccc(F)cc1)NCCCc1ccccc1. The quantitative estimate of drug-likeness (QED) is 0.702. The molecule has 1 atom stereocenters. The molecule has 0 amide bonds. The van der Waals surface area contributed by atoms with E-state index in [1.54, 1.807) is 12.1 Å². The van der Waals surface area contributed by atoms with E-state index in [1.165, 1.54) is 11.1 Å². The van der Waals surface area contributed by atoms with E-state index in [-0.39, 0.29) is 5.82 Å². The van der Waals surface area contributed by atoms with Gasteiger partial charge < -0.3 is 5.32 Å². The Kier molecular flexibility index (Phi) is 6.60. The lowest BCUT2D eigenvalue weighted by molar-refractivity contribution is 0.394. The van der Waals surface area contributed by atoms with Crippen LogP contribution >= 0.6 is 0 Å². The topological polar surface area (TPSA) is 12.0 Å². The molecule has 0 aliphatic carbocycles. The van der Waals surface area contributed by atoms with Gasteiger partial charge in [-0.25, -0.2) is 4.39 Å². The maximum Gasteiger partial charge on any atom is 0.123 e. The molecule has 1 unspecified atom stereocenters. The summed E-state index contributed by atoms with van der Waals surface area (Å²) in [6.07, 6.45) is 3.19. The Morgan fingerprint density at radius 2 is 1.59 bits per heavy atom. The molecule has 2 aromatic rings. The van der Waals surface area contributed by atoms with E-state index in [0.29, 0.717) is 12.0 Å². The molecule has 0 radical (unpaired) electrons. The van der Waals surface area contributed by atoms with Gasteiger partial charge in [-0.1, -0.05) is 56.3 Å². The lowest BCUT2D eigenvalue weighted by atomic mass is 9.96. The van der Waals surface area contributed by atoms with Gasteiger partial charge in [-0.2, -0.15) is 0 Å². The summed E-state index contributed by atoms with van der Waals surface area (Å²) in [5.74, 6) is 0.391. The van der Waals surface area contributed by atoms with Gasteiger partial charge in [-0.05, 0) is 55.0 Å². The normalized spacial score (nSPS) is 12.5. The minimum atomic E-state index is -0.166. The smallest absolute Gasteiger partial charge is 0.123 e. The van der Waals surface area contributed by atoms with Crippen molar-refractivity contribution in [2.24, 2.45) is 5.92 Å². The summed E-state index contributed by atoms with van der Waals surface area (Å²) in [6, 6.07) is 17.9. The first-order valence-electron chi connectivity index (χ1n) is 8.17. The van der Waals surface area contributed by atoms with Crippen LogP contribution in [0.15, 0.2) is 54.6 Å². The summed E-state index contributed by atoms with van der Waals surface area (Å²) in [4.78, 5) is 0. The molecule has 0 heterocycles. The maximum atomic E-state index is 13.0. The van der Waals surface area contributed by atoms with Gasteiger partial charge >= 0.3 is 0 Å². The number of hydrogen-bond acceptors (Lipinski definition) is 1. The van der Waals surface area contributed by atoms with Crippen LogP contribution in [0, 0.1) is 11.7 Å². The van der Waals surface area contributed by atoms with Crippen LogP contribution in [0.1, 0.15) is 31.4 Å². The number of hydrogen-bond donors (Lipinski definition) is 1. The molecule has 2 rings (SSSR count). The van der Waals surface area contributed by atoms with Crippen molar-refractivity contribution in [3.63, 3.8) is 0 Å². The number of benzene rings is 2. The highest BCUT2D eigenvalue weighted by Gasteiger charge is 2.13. The van der Waals surface area contributed by atoms with E-state index in [4.69, 9.17) is 0 Å². The second-order valence-corrected chi connectivity index (χ2v) is 6.22. The molecule has 0 aliphatic rings. The lowest BCUT2D eigenvalue weighted by Gasteiger charge is -2.22.